The van der Waals surface area contributed by atoms with Crippen molar-refractivity contribution in [3.8, 4) is 0 Å². The Balaban J connectivity index is 2.25. The van der Waals surface area contributed by atoms with Crippen LogP contribution in [-0.2, 0) is 4.79 Å². The number of likely N-dealkylation sites (N-methyl/N-ethyl adjacent to an activating group) is 2. The average molecular weight is 246 g/mol. The minimum absolute atomic E-state index is 0.0500. The maximum atomic E-state index is 12.5. The van der Waals surface area contributed by atoms with E-state index in [0.717, 1.165) is 36.2 Å². The van der Waals surface area contributed by atoms with Crippen LogP contribution in [0.2, 0.25) is 0 Å². The summed E-state index contributed by atoms with van der Waals surface area (Å²) in [5.74, 6) is 0.215. The Morgan fingerprint density at radius 3 is 2.44 bits per heavy atom. The third-order valence-corrected chi connectivity index (χ3v) is 3.91. The van der Waals surface area contributed by atoms with Gasteiger partial charge in [0.25, 0.3) is 0 Å². The van der Waals surface area contributed by atoms with Gasteiger partial charge in [-0.1, -0.05) is 18.2 Å². The predicted molar refractivity (Wildman–Crippen MR) is 75.0 cm³/mol. The molecule has 1 aliphatic heterocycles. The van der Waals surface area contributed by atoms with Crippen LogP contribution in [0.3, 0.4) is 0 Å². The lowest BCUT2D eigenvalue weighted by molar-refractivity contribution is -0.122. The van der Waals surface area contributed by atoms with Gasteiger partial charge in [0.1, 0.15) is 0 Å². The zero-order valence-electron chi connectivity index (χ0n) is 11.7. The first-order valence-corrected chi connectivity index (χ1v) is 6.56. The zero-order valence-corrected chi connectivity index (χ0v) is 11.7. The summed E-state index contributed by atoms with van der Waals surface area (Å²) in [5, 5.41) is 0. The van der Waals surface area contributed by atoms with E-state index in [-0.39, 0.29) is 11.9 Å². The van der Waals surface area contributed by atoms with Crippen LogP contribution in [0, 0.1) is 13.8 Å². The van der Waals surface area contributed by atoms with Gasteiger partial charge in [-0.15, -0.1) is 0 Å². The molecule has 98 valence electrons. The molecule has 1 saturated heterocycles. The number of para-hydroxylation sites is 1. The molecule has 0 N–H and O–H groups in total. The number of carbonyl (C=O) groups is 1. The van der Waals surface area contributed by atoms with Crippen molar-refractivity contribution in [2.75, 3.05) is 25.5 Å². The number of carbonyl (C=O) groups excluding carboxylic acids is 1. The van der Waals surface area contributed by atoms with E-state index in [1.54, 1.807) is 0 Å². The molecule has 0 radical (unpaired) electrons. The third-order valence-electron chi connectivity index (χ3n) is 3.91. The molecule has 0 aliphatic carbocycles. The molecular formula is C15H22N2O. The molecule has 1 fully saturated rings. The zero-order chi connectivity index (χ0) is 13.3. The molecule has 1 aromatic rings. The van der Waals surface area contributed by atoms with E-state index in [2.05, 4.69) is 30.9 Å². The molecule has 0 aromatic heterocycles. The molecule has 1 aromatic carbocycles. The third kappa shape index (κ3) is 2.27. The van der Waals surface area contributed by atoms with Crippen LogP contribution in [0.25, 0.3) is 0 Å². The summed E-state index contributed by atoms with van der Waals surface area (Å²) in [5.41, 5.74) is 3.38. The van der Waals surface area contributed by atoms with Crippen LogP contribution in [-0.4, -0.2) is 37.5 Å². The monoisotopic (exact) mass is 246 g/mol. The lowest BCUT2D eigenvalue weighted by Crippen LogP contribution is -2.43. The molecule has 3 heteroatoms. The van der Waals surface area contributed by atoms with Gasteiger partial charge in [-0.25, -0.2) is 0 Å². The highest BCUT2D eigenvalue weighted by Gasteiger charge is 2.31. The number of hydrogen-bond acceptors (Lipinski definition) is 2. The Bertz CT molecular complexity index is 436. The number of anilines is 1. The topological polar surface area (TPSA) is 23.6 Å². The molecule has 1 atom stereocenters. The first-order chi connectivity index (χ1) is 8.52. The van der Waals surface area contributed by atoms with Crippen LogP contribution < -0.4 is 4.90 Å². The van der Waals surface area contributed by atoms with Gasteiger partial charge in [-0.3, -0.25) is 9.69 Å². The van der Waals surface area contributed by atoms with E-state index in [0.29, 0.717) is 0 Å². The number of amides is 1. The highest BCUT2D eigenvalue weighted by atomic mass is 16.2. The van der Waals surface area contributed by atoms with Gasteiger partial charge in [0, 0.05) is 12.7 Å². The Kier molecular flexibility index (Phi) is 3.71. The van der Waals surface area contributed by atoms with Crippen molar-refractivity contribution in [2.45, 2.75) is 32.7 Å². The number of likely N-dealkylation sites (tertiary alicyclic amines) is 1. The highest BCUT2D eigenvalue weighted by molar-refractivity contribution is 5.98. The van der Waals surface area contributed by atoms with Crippen LogP contribution >= 0.6 is 0 Å². The van der Waals surface area contributed by atoms with Crippen LogP contribution in [0.4, 0.5) is 5.69 Å². The van der Waals surface area contributed by atoms with Crippen LogP contribution in [0.15, 0.2) is 18.2 Å². The highest BCUT2D eigenvalue weighted by Crippen LogP contribution is 2.26. The molecule has 1 heterocycles. The number of rotatable bonds is 2. The summed E-state index contributed by atoms with van der Waals surface area (Å²) in [4.78, 5) is 16.5. The SMILES string of the molecule is Cc1cccc(C)c1N(C)C(=O)[C@H]1CCCN1C. The molecular weight excluding hydrogens is 224 g/mol. The fraction of sp³-hybridized carbons (Fsp3) is 0.533. The minimum Gasteiger partial charge on any atom is -0.314 e. The molecule has 0 unspecified atom stereocenters. The van der Waals surface area contributed by atoms with Crippen molar-refractivity contribution < 1.29 is 4.79 Å². The summed E-state index contributed by atoms with van der Waals surface area (Å²) in [6.45, 7) is 5.14. The number of benzene rings is 1. The average Bonchev–Trinajstić information content (AvgIpc) is 2.74. The predicted octanol–water partition coefficient (Wildman–Crippen LogP) is 2.36. The van der Waals surface area contributed by atoms with Crippen molar-refractivity contribution in [1.29, 1.82) is 0 Å². The Morgan fingerprint density at radius 1 is 1.33 bits per heavy atom. The first kappa shape index (κ1) is 13.1. The fourth-order valence-corrected chi connectivity index (χ4v) is 2.89. The smallest absolute Gasteiger partial charge is 0.244 e. The molecule has 18 heavy (non-hydrogen) atoms. The molecule has 0 spiro atoms. The minimum atomic E-state index is 0.0500. The van der Waals surface area contributed by atoms with E-state index in [1.165, 1.54) is 0 Å². The van der Waals surface area contributed by atoms with E-state index >= 15 is 0 Å². The number of hydrogen-bond donors (Lipinski definition) is 0. The summed E-state index contributed by atoms with van der Waals surface area (Å²) < 4.78 is 0. The summed E-state index contributed by atoms with van der Waals surface area (Å²) in [6, 6.07) is 6.21. The van der Waals surface area contributed by atoms with Gasteiger partial charge in [0.2, 0.25) is 5.91 Å². The second-order valence-electron chi connectivity index (χ2n) is 5.28. The lowest BCUT2D eigenvalue weighted by Gasteiger charge is -2.27. The standard InChI is InChI=1S/C15H22N2O/c1-11-7-5-8-12(2)14(11)17(4)15(18)13-9-6-10-16(13)3/h5,7-8,13H,6,9-10H2,1-4H3/t13-/m1/s1. The Hall–Kier alpha value is -1.35. The van der Waals surface area contributed by atoms with Crippen molar-refractivity contribution in [3.05, 3.63) is 29.3 Å². The van der Waals surface area contributed by atoms with Gasteiger partial charge in [0.15, 0.2) is 0 Å². The number of aryl methyl sites for hydroxylation is 2. The van der Waals surface area contributed by atoms with Crippen molar-refractivity contribution in [3.63, 3.8) is 0 Å². The van der Waals surface area contributed by atoms with Crippen LogP contribution in [0.5, 0.6) is 0 Å². The molecule has 2 rings (SSSR count). The van der Waals surface area contributed by atoms with Crippen molar-refractivity contribution in [1.82, 2.24) is 4.90 Å². The molecule has 3 nitrogen and oxygen atoms in total. The van der Waals surface area contributed by atoms with E-state index in [1.807, 2.05) is 25.1 Å². The van der Waals surface area contributed by atoms with E-state index < -0.39 is 0 Å². The Labute approximate surface area is 109 Å². The normalized spacial score (nSPS) is 20.1. The number of nitrogens with zero attached hydrogens (tertiary/aromatic N) is 2. The van der Waals surface area contributed by atoms with Gasteiger partial charge < -0.3 is 4.90 Å². The summed E-state index contributed by atoms with van der Waals surface area (Å²) in [7, 11) is 3.93. The second-order valence-corrected chi connectivity index (χ2v) is 5.28. The molecule has 0 bridgehead atoms. The summed E-state index contributed by atoms with van der Waals surface area (Å²) in [6.07, 6.45) is 2.10. The molecule has 0 saturated carbocycles. The summed E-state index contributed by atoms with van der Waals surface area (Å²) >= 11 is 0. The maximum Gasteiger partial charge on any atom is 0.244 e. The first-order valence-electron chi connectivity index (χ1n) is 6.56. The van der Waals surface area contributed by atoms with Gasteiger partial charge in [-0.05, 0) is 51.4 Å². The van der Waals surface area contributed by atoms with Gasteiger partial charge >= 0.3 is 0 Å². The van der Waals surface area contributed by atoms with Crippen molar-refractivity contribution in [2.24, 2.45) is 0 Å². The van der Waals surface area contributed by atoms with Gasteiger partial charge in [-0.2, -0.15) is 0 Å². The van der Waals surface area contributed by atoms with Crippen LogP contribution in [0.1, 0.15) is 24.0 Å². The quantitative estimate of drug-likeness (QED) is 0.800. The largest absolute Gasteiger partial charge is 0.314 e. The second kappa shape index (κ2) is 5.11. The maximum absolute atomic E-state index is 12.5. The molecule has 1 amide bonds. The molecule has 1 aliphatic rings. The Morgan fingerprint density at radius 2 is 1.94 bits per heavy atom. The van der Waals surface area contributed by atoms with E-state index in [9.17, 15) is 4.79 Å². The fourth-order valence-electron chi connectivity index (χ4n) is 2.89. The van der Waals surface area contributed by atoms with Crippen molar-refractivity contribution >= 4 is 11.6 Å². The lowest BCUT2D eigenvalue weighted by atomic mass is 10.1. The van der Waals surface area contributed by atoms with E-state index in [4.69, 9.17) is 0 Å². The van der Waals surface area contributed by atoms with Gasteiger partial charge in [0.05, 0.1) is 6.04 Å².